The van der Waals surface area contributed by atoms with Gasteiger partial charge in [0.2, 0.25) is 0 Å². The zero-order valence-corrected chi connectivity index (χ0v) is 12.8. The molecule has 0 spiro atoms. The number of halogens is 1. The number of benzene rings is 1. The number of carbonyl (C=O) groups excluding carboxylic acids is 1. The molecule has 0 fully saturated rings. The first kappa shape index (κ1) is 13.8. The summed E-state index contributed by atoms with van der Waals surface area (Å²) in [4.78, 5) is 16.6. The van der Waals surface area contributed by atoms with Gasteiger partial charge in [-0.2, -0.15) is 0 Å². The number of anilines is 2. The molecule has 2 aromatic rings. The number of nitrogens with one attached hydrogen (secondary N) is 1. The molecule has 0 aliphatic rings. The van der Waals surface area contributed by atoms with E-state index in [2.05, 4.69) is 26.2 Å². The molecular weight excluding hydrogens is 330 g/mol. The van der Waals surface area contributed by atoms with E-state index in [1.165, 1.54) is 11.3 Å². The van der Waals surface area contributed by atoms with Crippen molar-refractivity contribution < 1.29 is 9.53 Å². The van der Waals surface area contributed by atoms with Gasteiger partial charge in [-0.15, -0.1) is 0 Å². The molecule has 0 saturated heterocycles. The van der Waals surface area contributed by atoms with Gasteiger partial charge in [-0.3, -0.25) is 4.79 Å². The van der Waals surface area contributed by atoms with Crippen molar-refractivity contribution in [3.63, 3.8) is 0 Å². The first-order valence-electron chi connectivity index (χ1n) is 5.39. The van der Waals surface area contributed by atoms with Crippen LogP contribution in [0.3, 0.4) is 0 Å². The van der Waals surface area contributed by atoms with E-state index in [1.54, 1.807) is 26.2 Å². The van der Waals surface area contributed by atoms with Gasteiger partial charge in [0.15, 0.2) is 5.13 Å². The molecule has 5 nitrogen and oxygen atoms in total. The molecule has 0 saturated carbocycles. The first-order valence-corrected chi connectivity index (χ1v) is 7.00. The smallest absolute Gasteiger partial charge is 0.267 e. The minimum atomic E-state index is -0.226. The third-order valence-electron chi connectivity index (χ3n) is 2.43. The molecule has 0 aliphatic carbocycles. The molecule has 3 N–H and O–H groups in total. The second kappa shape index (κ2) is 5.58. The standard InChI is InChI=1S/C12H12BrN3O2S/c1-6-10(19-12(14)15-6)11(17)16-7-3-4-8(13)9(5-7)18-2/h3-5H,1-2H3,(H2,14,15)(H,16,17). The number of amides is 1. The Labute approximate surface area is 122 Å². The fourth-order valence-corrected chi connectivity index (χ4v) is 2.69. The number of nitrogens with zero attached hydrogens (tertiary/aromatic N) is 1. The van der Waals surface area contributed by atoms with Gasteiger partial charge in [0.25, 0.3) is 5.91 Å². The van der Waals surface area contributed by atoms with Crippen LogP contribution < -0.4 is 15.8 Å². The number of carbonyl (C=O) groups is 1. The summed E-state index contributed by atoms with van der Waals surface area (Å²) in [5.74, 6) is 0.425. The number of methoxy groups -OCH3 is 1. The number of ether oxygens (including phenoxy) is 1. The van der Waals surface area contributed by atoms with Crippen LogP contribution in [0, 0.1) is 6.92 Å². The fourth-order valence-electron chi connectivity index (χ4n) is 1.55. The Balaban J connectivity index is 2.21. The number of thiazole rings is 1. The van der Waals surface area contributed by atoms with Crippen LogP contribution in [0.15, 0.2) is 22.7 Å². The van der Waals surface area contributed by atoms with Crippen LogP contribution in [0.2, 0.25) is 0 Å². The summed E-state index contributed by atoms with van der Waals surface area (Å²) >= 11 is 4.52. The number of aryl methyl sites for hydroxylation is 1. The van der Waals surface area contributed by atoms with Gasteiger partial charge >= 0.3 is 0 Å². The Bertz CT molecular complexity index is 627. The Hall–Kier alpha value is -1.60. The summed E-state index contributed by atoms with van der Waals surface area (Å²) in [5, 5.41) is 3.17. The van der Waals surface area contributed by atoms with Crippen LogP contribution in [0.4, 0.5) is 10.8 Å². The van der Waals surface area contributed by atoms with Gasteiger partial charge < -0.3 is 15.8 Å². The lowest BCUT2D eigenvalue weighted by molar-refractivity contribution is 0.103. The summed E-state index contributed by atoms with van der Waals surface area (Å²) in [6, 6.07) is 5.33. The van der Waals surface area contributed by atoms with E-state index in [1.807, 2.05) is 6.07 Å². The fraction of sp³-hybridized carbons (Fsp3) is 0.167. The van der Waals surface area contributed by atoms with Gasteiger partial charge in [-0.05, 0) is 35.0 Å². The quantitative estimate of drug-likeness (QED) is 0.899. The van der Waals surface area contributed by atoms with Crippen LogP contribution in [-0.2, 0) is 0 Å². The SMILES string of the molecule is COc1cc(NC(=O)c2sc(N)nc2C)ccc1Br. The maximum atomic E-state index is 12.1. The van der Waals surface area contributed by atoms with E-state index in [9.17, 15) is 4.79 Å². The Kier molecular flexibility index (Phi) is 4.06. The average molecular weight is 342 g/mol. The molecule has 100 valence electrons. The lowest BCUT2D eigenvalue weighted by Gasteiger charge is -2.07. The van der Waals surface area contributed by atoms with Crippen LogP contribution in [0.5, 0.6) is 5.75 Å². The monoisotopic (exact) mass is 341 g/mol. The highest BCUT2D eigenvalue weighted by molar-refractivity contribution is 9.10. The zero-order chi connectivity index (χ0) is 14.0. The highest BCUT2D eigenvalue weighted by Crippen LogP contribution is 2.28. The lowest BCUT2D eigenvalue weighted by Crippen LogP contribution is -2.11. The highest BCUT2D eigenvalue weighted by Gasteiger charge is 2.14. The predicted octanol–water partition coefficient (Wildman–Crippen LogP) is 3.06. The minimum absolute atomic E-state index is 0.226. The Morgan fingerprint density at radius 2 is 2.26 bits per heavy atom. The summed E-state index contributed by atoms with van der Waals surface area (Å²) in [6.07, 6.45) is 0. The minimum Gasteiger partial charge on any atom is -0.495 e. The summed E-state index contributed by atoms with van der Waals surface area (Å²) < 4.78 is 6.00. The molecule has 7 heteroatoms. The molecule has 0 atom stereocenters. The van der Waals surface area contributed by atoms with Crippen LogP contribution in [0.25, 0.3) is 0 Å². The number of nitrogen functional groups attached to an aromatic ring is 1. The molecule has 19 heavy (non-hydrogen) atoms. The second-order valence-electron chi connectivity index (χ2n) is 3.77. The molecule has 0 unspecified atom stereocenters. The van der Waals surface area contributed by atoms with Crippen LogP contribution in [-0.4, -0.2) is 18.0 Å². The van der Waals surface area contributed by atoms with E-state index in [0.717, 1.165) is 4.47 Å². The van der Waals surface area contributed by atoms with Crippen molar-refractivity contribution in [2.24, 2.45) is 0 Å². The second-order valence-corrected chi connectivity index (χ2v) is 5.66. The molecule has 1 aromatic heterocycles. The molecule has 0 bridgehead atoms. The first-order chi connectivity index (χ1) is 9.01. The highest BCUT2D eigenvalue weighted by atomic mass is 79.9. The maximum Gasteiger partial charge on any atom is 0.267 e. The number of hydrogen-bond donors (Lipinski definition) is 2. The number of nitrogens with two attached hydrogens (primary N) is 1. The van der Waals surface area contributed by atoms with Crippen molar-refractivity contribution >= 4 is 44.0 Å². The number of hydrogen-bond acceptors (Lipinski definition) is 5. The van der Waals surface area contributed by atoms with Gasteiger partial charge in [0.1, 0.15) is 10.6 Å². The molecular formula is C12H12BrN3O2S. The summed E-state index contributed by atoms with van der Waals surface area (Å²) in [6.45, 7) is 1.75. The largest absolute Gasteiger partial charge is 0.495 e. The van der Waals surface area contributed by atoms with E-state index in [-0.39, 0.29) is 5.91 Å². The normalized spacial score (nSPS) is 10.3. The van der Waals surface area contributed by atoms with Crippen molar-refractivity contribution in [3.8, 4) is 5.75 Å². The zero-order valence-electron chi connectivity index (χ0n) is 10.4. The van der Waals surface area contributed by atoms with Crippen LogP contribution >= 0.6 is 27.3 Å². The van der Waals surface area contributed by atoms with Crippen molar-refractivity contribution in [3.05, 3.63) is 33.2 Å². The Morgan fingerprint density at radius 3 is 2.84 bits per heavy atom. The topological polar surface area (TPSA) is 77.2 Å². The molecule has 1 aromatic carbocycles. The predicted molar refractivity (Wildman–Crippen MR) is 79.9 cm³/mol. The van der Waals surface area contributed by atoms with Gasteiger partial charge in [0, 0.05) is 11.8 Å². The molecule has 1 heterocycles. The van der Waals surface area contributed by atoms with E-state index < -0.39 is 0 Å². The third kappa shape index (κ3) is 3.05. The molecule has 2 rings (SSSR count). The number of rotatable bonds is 3. The van der Waals surface area contributed by atoms with E-state index >= 15 is 0 Å². The van der Waals surface area contributed by atoms with E-state index in [4.69, 9.17) is 10.5 Å². The van der Waals surface area contributed by atoms with E-state index in [0.29, 0.717) is 27.1 Å². The molecule has 0 aliphatic heterocycles. The summed E-state index contributed by atoms with van der Waals surface area (Å²) in [5.41, 5.74) is 6.86. The summed E-state index contributed by atoms with van der Waals surface area (Å²) in [7, 11) is 1.57. The van der Waals surface area contributed by atoms with Crippen molar-refractivity contribution in [1.29, 1.82) is 0 Å². The molecule has 1 amide bonds. The van der Waals surface area contributed by atoms with Crippen molar-refractivity contribution in [2.45, 2.75) is 6.92 Å². The maximum absolute atomic E-state index is 12.1. The van der Waals surface area contributed by atoms with Crippen LogP contribution in [0.1, 0.15) is 15.4 Å². The third-order valence-corrected chi connectivity index (χ3v) is 4.07. The van der Waals surface area contributed by atoms with Gasteiger partial charge in [-0.1, -0.05) is 11.3 Å². The average Bonchev–Trinajstić information content (AvgIpc) is 2.71. The van der Waals surface area contributed by atoms with Gasteiger partial charge in [-0.25, -0.2) is 4.98 Å². The molecule has 0 radical (unpaired) electrons. The number of aromatic nitrogens is 1. The van der Waals surface area contributed by atoms with Crippen molar-refractivity contribution in [1.82, 2.24) is 4.98 Å². The lowest BCUT2D eigenvalue weighted by atomic mass is 10.3. The Morgan fingerprint density at radius 1 is 1.53 bits per heavy atom. The van der Waals surface area contributed by atoms with Crippen molar-refractivity contribution in [2.75, 3.05) is 18.2 Å². The van der Waals surface area contributed by atoms with Gasteiger partial charge in [0.05, 0.1) is 17.3 Å².